The largest absolute Gasteiger partial charge is 0.299 e. The number of ketones is 2. The topological polar surface area (TPSA) is 34.1 Å². The van der Waals surface area contributed by atoms with Gasteiger partial charge in [0.05, 0.1) is 0 Å². The van der Waals surface area contributed by atoms with Crippen LogP contribution in [-0.2, 0) is 9.59 Å². The highest BCUT2D eigenvalue weighted by Crippen LogP contribution is 2.51. The van der Waals surface area contributed by atoms with Crippen molar-refractivity contribution in [3.8, 4) is 0 Å². The molecule has 3 aliphatic carbocycles. The lowest BCUT2D eigenvalue weighted by atomic mass is 9.56. The minimum atomic E-state index is -0.0242. The monoisotopic (exact) mass is 496 g/mol. The second-order valence-corrected chi connectivity index (χ2v) is 12.3. The molecule has 0 saturated heterocycles. The van der Waals surface area contributed by atoms with Crippen molar-refractivity contribution in [1.82, 2.24) is 0 Å². The highest BCUT2D eigenvalue weighted by atomic mass is 16.1. The SMILES string of the molecule is CCCCCC1=C(CCCCC)CC2C(=O)C3CC(CCCCC)=C(CCCCC)CC3C(=O)C2C1. The Hall–Kier alpha value is -1.18. The van der Waals surface area contributed by atoms with Crippen molar-refractivity contribution >= 4 is 11.6 Å². The Kier molecular flexibility index (Phi) is 12.5. The van der Waals surface area contributed by atoms with Gasteiger partial charge < -0.3 is 0 Å². The molecule has 0 heterocycles. The average molecular weight is 497 g/mol. The molecule has 0 radical (unpaired) electrons. The summed E-state index contributed by atoms with van der Waals surface area (Å²) < 4.78 is 0. The van der Waals surface area contributed by atoms with E-state index >= 15 is 0 Å². The van der Waals surface area contributed by atoms with Gasteiger partial charge in [0.15, 0.2) is 0 Å². The van der Waals surface area contributed by atoms with Gasteiger partial charge in [0.2, 0.25) is 0 Å². The van der Waals surface area contributed by atoms with Crippen molar-refractivity contribution in [3.63, 3.8) is 0 Å². The third-order valence-electron chi connectivity index (χ3n) is 9.63. The van der Waals surface area contributed by atoms with Gasteiger partial charge >= 0.3 is 0 Å². The maximum absolute atomic E-state index is 14.0. The highest BCUT2D eigenvalue weighted by molar-refractivity contribution is 6.00. The fourth-order valence-electron chi connectivity index (χ4n) is 7.42. The smallest absolute Gasteiger partial charge is 0.141 e. The molecule has 0 aliphatic heterocycles. The third kappa shape index (κ3) is 7.44. The lowest BCUT2D eigenvalue weighted by molar-refractivity contribution is -0.148. The van der Waals surface area contributed by atoms with E-state index in [0.29, 0.717) is 11.6 Å². The van der Waals surface area contributed by atoms with Gasteiger partial charge in [-0.25, -0.2) is 0 Å². The summed E-state index contributed by atoms with van der Waals surface area (Å²) in [4.78, 5) is 28.1. The Labute approximate surface area is 223 Å². The summed E-state index contributed by atoms with van der Waals surface area (Å²) >= 11 is 0. The van der Waals surface area contributed by atoms with Crippen molar-refractivity contribution in [3.05, 3.63) is 22.3 Å². The molecule has 2 heteroatoms. The number of rotatable bonds is 16. The van der Waals surface area contributed by atoms with Gasteiger partial charge in [0, 0.05) is 23.7 Å². The van der Waals surface area contributed by atoms with Crippen LogP contribution in [0.4, 0.5) is 0 Å². The van der Waals surface area contributed by atoms with Crippen LogP contribution in [0, 0.1) is 23.7 Å². The first-order valence-electron chi connectivity index (χ1n) is 16.0. The minimum absolute atomic E-state index is 0.0242. The summed E-state index contributed by atoms with van der Waals surface area (Å²) in [6, 6.07) is 0. The Morgan fingerprint density at radius 1 is 0.417 bits per heavy atom. The zero-order valence-electron chi connectivity index (χ0n) is 24.3. The second-order valence-electron chi connectivity index (χ2n) is 12.3. The molecule has 0 bridgehead atoms. The first kappa shape index (κ1) is 29.4. The molecular formula is C34H56O2. The van der Waals surface area contributed by atoms with Crippen molar-refractivity contribution in [2.24, 2.45) is 23.7 Å². The van der Waals surface area contributed by atoms with Gasteiger partial charge in [-0.3, -0.25) is 9.59 Å². The Bertz CT molecular complexity index is 659. The number of hydrogen-bond donors (Lipinski definition) is 0. The van der Waals surface area contributed by atoms with Gasteiger partial charge in [-0.15, -0.1) is 0 Å². The second kappa shape index (κ2) is 15.3. The number of hydrogen-bond acceptors (Lipinski definition) is 2. The number of carbonyl (C=O) groups excluding carboxylic acids is 2. The van der Waals surface area contributed by atoms with Gasteiger partial charge in [-0.2, -0.15) is 0 Å². The number of unbranched alkanes of at least 4 members (excludes halogenated alkanes) is 8. The fraction of sp³-hybridized carbons (Fsp3) is 0.824. The van der Waals surface area contributed by atoms with Crippen molar-refractivity contribution in [2.45, 2.75) is 156 Å². The van der Waals surface area contributed by atoms with Crippen LogP contribution < -0.4 is 0 Å². The number of allylic oxidation sites excluding steroid dienone is 4. The Morgan fingerprint density at radius 3 is 0.833 bits per heavy atom. The maximum atomic E-state index is 14.0. The van der Waals surface area contributed by atoms with Crippen LogP contribution in [0.1, 0.15) is 156 Å². The average Bonchev–Trinajstić information content (AvgIpc) is 2.88. The van der Waals surface area contributed by atoms with E-state index in [1.54, 1.807) is 22.3 Å². The van der Waals surface area contributed by atoms with Crippen LogP contribution in [0.25, 0.3) is 0 Å². The van der Waals surface area contributed by atoms with Crippen LogP contribution in [0.3, 0.4) is 0 Å². The molecule has 0 aromatic rings. The van der Waals surface area contributed by atoms with Crippen LogP contribution in [0.15, 0.2) is 22.3 Å². The van der Waals surface area contributed by atoms with E-state index in [1.807, 2.05) is 0 Å². The van der Waals surface area contributed by atoms with Crippen molar-refractivity contribution in [1.29, 1.82) is 0 Å². The van der Waals surface area contributed by atoms with Crippen LogP contribution >= 0.6 is 0 Å². The normalized spacial score (nSPS) is 26.4. The van der Waals surface area contributed by atoms with E-state index in [2.05, 4.69) is 27.7 Å². The Balaban J connectivity index is 1.81. The lowest BCUT2D eigenvalue weighted by Gasteiger charge is -2.45. The molecule has 1 saturated carbocycles. The first-order valence-corrected chi connectivity index (χ1v) is 16.0. The number of Topliss-reactive ketones (excluding diaryl/α,β-unsaturated/α-hetero) is 2. The summed E-state index contributed by atoms with van der Waals surface area (Å²) in [5.74, 6) is 0.830. The number of carbonyl (C=O) groups is 2. The van der Waals surface area contributed by atoms with Crippen LogP contribution in [0.5, 0.6) is 0 Å². The predicted octanol–water partition coefficient (Wildman–Crippen LogP) is 10.1. The van der Waals surface area contributed by atoms with E-state index in [9.17, 15) is 9.59 Å². The molecule has 36 heavy (non-hydrogen) atoms. The molecule has 0 spiro atoms. The number of fused-ring (bicyclic) bond motifs is 2. The van der Waals surface area contributed by atoms with Gasteiger partial charge in [0.25, 0.3) is 0 Å². The van der Waals surface area contributed by atoms with Gasteiger partial charge in [-0.1, -0.05) is 101 Å². The summed E-state index contributed by atoms with van der Waals surface area (Å²) in [5, 5.41) is 0. The zero-order valence-corrected chi connectivity index (χ0v) is 24.3. The molecule has 0 aromatic carbocycles. The summed E-state index contributed by atoms with van der Waals surface area (Å²) in [5.41, 5.74) is 6.26. The van der Waals surface area contributed by atoms with Crippen molar-refractivity contribution < 1.29 is 9.59 Å². The van der Waals surface area contributed by atoms with Gasteiger partial charge in [-0.05, 0) is 77.0 Å². The Morgan fingerprint density at radius 2 is 0.639 bits per heavy atom. The zero-order chi connectivity index (χ0) is 25.9. The molecular weight excluding hydrogens is 440 g/mol. The standard InChI is InChI=1S/C34H56O2/c1-5-9-13-17-25-21-29-30(22-26(25)18-14-10-6-2)34(36)32-24-28(20-16-12-8-4)27(19-15-11-7-3)23-31(32)33(29)35/h29-32H,5-24H2,1-4H3. The van der Waals surface area contributed by atoms with Crippen LogP contribution in [-0.4, -0.2) is 11.6 Å². The molecule has 4 unspecified atom stereocenters. The molecule has 0 aromatic heterocycles. The maximum Gasteiger partial charge on any atom is 0.141 e. The summed E-state index contributed by atoms with van der Waals surface area (Å²) in [6.45, 7) is 9.06. The molecule has 3 aliphatic rings. The van der Waals surface area contributed by atoms with E-state index in [0.717, 1.165) is 51.4 Å². The molecule has 204 valence electrons. The van der Waals surface area contributed by atoms with E-state index in [-0.39, 0.29) is 23.7 Å². The van der Waals surface area contributed by atoms with E-state index < -0.39 is 0 Å². The summed E-state index contributed by atoms with van der Waals surface area (Å²) in [6.07, 6.45) is 23.1. The fourth-order valence-corrected chi connectivity index (χ4v) is 7.42. The van der Waals surface area contributed by atoms with Crippen LogP contribution in [0.2, 0.25) is 0 Å². The first-order chi connectivity index (χ1) is 17.5. The molecule has 1 fully saturated rings. The molecule has 0 N–H and O–H groups in total. The van der Waals surface area contributed by atoms with E-state index in [1.165, 1.54) is 77.0 Å². The lowest BCUT2D eigenvalue weighted by Crippen LogP contribution is -2.50. The molecule has 3 rings (SSSR count). The highest BCUT2D eigenvalue weighted by Gasteiger charge is 2.52. The molecule has 0 amide bonds. The molecule has 4 atom stereocenters. The minimum Gasteiger partial charge on any atom is -0.299 e. The third-order valence-corrected chi connectivity index (χ3v) is 9.63. The summed E-state index contributed by atoms with van der Waals surface area (Å²) in [7, 11) is 0. The van der Waals surface area contributed by atoms with Gasteiger partial charge in [0.1, 0.15) is 11.6 Å². The predicted molar refractivity (Wildman–Crippen MR) is 153 cm³/mol. The van der Waals surface area contributed by atoms with E-state index in [4.69, 9.17) is 0 Å². The quantitative estimate of drug-likeness (QED) is 0.157. The molecule has 2 nitrogen and oxygen atoms in total. The van der Waals surface area contributed by atoms with Crippen molar-refractivity contribution in [2.75, 3.05) is 0 Å².